The second kappa shape index (κ2) is 22.1. The normalized spacial score (nSPS) is 13.1. The van der Waals surface area contributed by atoms with Crippen molar-refractivity contribution in [2.24, 2.45) is 5.92 Å². The molecule has 0 saturated carbocycles. The Labute approximate surface area is 190 Å². The van der Waals surface area contributed by atoms with Gasteiger partial charge in [0, 0.05) is 12.5 Å². The zero-order valence-electron chi connectivity index (χ0n) is 21.2. The molecule has 2 heteroatoms. The Kier molecular flexibility index (Phi) is 22.1. The van der Waals surface area contributed by atoms with Crippen LogP contribution in [0.15, 0.2) is 0 Å². The maximum atomic E-state index is 11.2. The molecule has 0 rings (SSSR count). The Balaban J connectivity index is 3.78. The molecule has 2 N–H and O–H groups in total. The van der Waals surface area contributed by atoms with Crippen LogP contribution in [-0.2, 0) is 0 Å². The minimum Gasteiger partial charge on any atom is -0.396 e. The zero-order chi connectivity index (χ0) is 22.3. The van der Waals surface area contributed by atoms with E-state index in [2.05, 4.69) is 13.8 Å². The number of rotatable bonds is 24. The molecule has 0 aliphatic heterocycles. The Morgan fingerprint density at radius 1 is 0.500 bits per heavy atom. The fourth-order valence-electron chi connectivity index (χ4n) is 4.62. The molecule has 182 valence electrons. The highest BCUT2D eigenvalue weighted by Crippen LogP contribution is 2.30. The van der Waals surface area contributed by atoms with Gasteiger partial charge in [-0.25, -0.2) is 0 Å². The highest BCUT2D eigenvalue weighted by atomic mass is 16.3. The Morgan fingerprint density at radius 2 is 0.767 bits per heavy atom. The molecule has 0 amide bonds. The molecule has 0 saturated heterocycles. The fourth-order valence-corrected chi connectivity index (χ4v) is 4.62. The standard InChI is InChI=1S/C28H58O2/c1-4-6-8-10-12-14-16-18-20-22-24-28(30,27(3)26-29)25-23-21-19-17-15-13-11-9-7-5-2/h27,29-30H,4-26H2,1-3H3. The largest absolute Gasteiger partial charge is 0.396 e. The predicted molar refractivity (Wildman–Crippen MR) is 134 cm³/mol. The van der Waals surface area contributed by atoms with Crippen LogP contribution in [0.25, 0.3) is 0 Å². The highest BCUT2D eigenvalue weighted by Gasteiger charge is 2.32. The van der Waals surface area contributed by atoms with Crippen LogP contribution in [0.3, 0.4) is 0 Å². The van der Waals surface area contributed by atoms with Gasteiger partial charge in [-0.1, -0.05) is 149 Å². The monoisotopic (exact) mass is 426 g/mol. The average Bonchev–Trinajstić information content (AvgIpc) is 2.75. The van der Waals surface area contributed by atoms with Crippen LogP contribution >= 0.6 is 0 Å². The van der Waals surface area contributed by atoms with E-state index < -0.39 is 5.60 Å². The van der Waals surface area contributed by atoms with Crippen molar-refractivity contribution in [1.29, 1.82) is 0 Å². The van der Waals surface area contributed by atoms with Crippen molar-refractivity contribution >= 4 is 0 Å². The van der Waals surface area contributed by atoms with E-state index in [0.29, 0.717) is 0 Å². The quantitative estimate of drug-likeness (QED) is 0.151. The number of hydrogen-bond donors (Lipinski definition) is 2. The van der Waals surface area contributed by atoms with Crippen molar-refractivity contribution in [3.8, 4) is 0 Å². The van der Waals surface area contributed by atoms with Gasteiger partial charge in [0.2, 0.25) is 0 Å². The van der Waals surface area contributed by atoms with E-state index in [0.717, 1.165) is 25.7 Å². The van der Waals surface area contributed by atoms with Gasteiger partial charge >= 0.3 is 0 Å². The topological polar surface area (TPSA) is 40.5 Å². The second-order valence-corrected chi connectivity index (χ2v) is 10.1. The Bertz CT molecular complexity index is 305. The molecule has 0 aromatic rings. The van der Waals surface area contributed by atoms with E-state index in [9.17, 15) is 10.2 Å². The maximum Gasteiger partial charge on any atom is 0.0695 e. The van der Waals surface area contributed by atoms with Gasteiger partial charge in [0.1, 0.15) is 0 Å². The molecule has 1 unspecified atom stereocenters. The third kappa shape index (κ3) is 17.6. The van der Waals surface area contributed by atoms with Crippen LogP contribution in [0.5, 0.6) is 0 Å². The molecule has 0 aliphatic carbocycles. The van der Waals surface area contributed by atoms with Crippen molar-refractivity contribution in [2.45, 2.75) is 168 Å². The van der Waals surface area contributed by atoms with Gasteiger partial charge in [-0.3, -0.25) is 0 Å². The number of aliphatic hydroxyl groups excluding tert-OH is 1. The van der Waals surface area contributed by atoms with E-state index in [4.69, 9.17) is 0 Å². The second-order valence-electron chi connectivity index (χ2n) is 10.1. The summed E-state index contributed by atoms with van der Waals surface area (Å²) in [4.78, 5) is 0. The third-order valence-corrected chi connectivity index (χ3v) is 7.12. The van der Waals surface area contributed by atoms with Gasteiger partial charge in [-0.15, -0.1) is 0 Å². The molecule has 0 aliphatic rings. The fraction of sp³-hybridized carbons (Fsp3) is 1.00. The van der Waals surface area contributed by atoms with E-state index in [1.807, 2.05) is 6.92 Å². The third-order valence-electron chi connectivity index (χ3n) is 7.12. The summed E-state index contributed by atoms with van der Waals surface area (Å²) in [6.45, 7) is 6.67. The van der Waals surface area contributed by atoms with Gasteiger partial charge in [-0.05, 0) is 12.8 Å². The van der Waals surface area contributed by atoms with Gasteiger partial charge in [0.15, 0.2) is 0 Å². The number of unbranched alkanes of at least 4 members (excludes halogenated alkanes) is 18. The lowest BCUT2D eigenvalue weighted by molar-refractivity contribution is -0.0490. The van der Waals surface area contributed by atoms with E-state index in [1.165, 1.54) is 116 Å². The number of aliphatic hydroxyl groups is 2. The van der Waals surface area contributed by atoms with Gasteiger partial charge in [0.05, 0.1) is 5.60 Å². The van der Waals surface area contributed by atoms with Crippen molar-refractivity contribution < 1.29 is 10.2 Å². The van der Waals surface area contributed by atoms with Crippen LogP contribution in [0.4, 0.5) is 0 Å². The molecule has 0 aromatic heterocycles. The Hall–Kier alpha value is -0.0800. The molecule has 0 heterocycles. The molecule has 0 radical (unpaired) electrons. The molecular weight excluding hydrogens is 368 g/mol. The summed E-state index contributed by atoms with van der Waals surface area (Å²) in [6.07, 6.45) is 28.3. The zero-order valence-corrected chi connectivity index (χ0v) is 21.2. The first-order valence-electron chi connectivity index (χ1n) is 13.9. The summed E-state index contributed by atoms with van der Waals surface area (Å²) in [5.74, 6) is -0.00497. The lowest BCUT2D eigenvalue weighted by Gasteiger charge is -2.33. The molecule has 30 heavy (non-hydrogen) atoms. The molecular formula is C28H58O2. The summed E-state index contributed by atoms with van der Waals surface area (Å²) in [7, 11) is 0. The molecule has 1 atom stereocenters. The maximum absolute atomic E-state index is 11.2. The van der Waals surface area contributed by atoms with Gasteiger partial charge in [0.25, 0.3) is 0 Å². The molecule has 0 aromatic carbocycles. The van der Waals surface area contributed by atoms with Crippen molar-refractivity contribution in [1.82, 2.24) is 0 Å². The summed E-state index contributed by atoms with van der Waals surface area (Å²) in [5, 5.41) is 20.8. The first kappa shape index (κ1) is 29.9. The predicted octanol–water partition coefficient (Wildman–Crippen LogP) is 8.97. The van der Waals surface area contributed by atoms with Crippen LogP contribution in [0, 0.1) is 5.92 Å². The van der Waals surface area contributed by atoms with Crippen LogP contribution in [0.1, 0.15) is 162 Å². The van der Waals surface area contributed by atoms with Crippen LogP contribution < -0.4 is 0 Å². The highest BCUT2D eigenvalue weighted by molar-refractivity contribution is 4.83. The summed E-state index contributed by atoms with van der Waals surface area (Å²) in [5.41, 5.74) is -0.658. The minimum absolute atomic E-state index is 0.00497. The lowest BCUT2D eigenvalue weighted by Crippen LogP contribution is -2.38. The molecule has 0 spiro atoms. The Morgan fingerprint density at radius 3 is 1.03 bits per heavy atom. The molecule has 0 bridgehead atoms. The van der Waals surface area contributed by atoms with E-state index in [-0.39, 0.29) is 12.5 Å². The lowest BCUT2D eigenvalue weighted by atomic mass is 9.80. The summed E-state index contributed by atoms with van der Waals surface area (Å²) >= 11 is 0. The van der Waals surface area contributed by atoms with Crippen molar-refractivity contribution in [3.05, 3.63) is 0 Å². The van der Waals surface area contributed by atoms with Crippen molar-refractivity contribution in [3.63, 3.8) is 0 Å². The van der Waals surface area contributed by atoms with Crippen molar-refractivity contribution in [2.75, 3.05) is 6.61 Å². The van der Waals surface area contributed by atoms with Gasteiger partial charge in [-0.2, -0.15) is 0 Å². The first-order chi connectivity index (χ1) is 14.6. The summed E-state index contributed by atoms with van der Waals surface area (Å²) < 4.78 is 0. The number of hydrogen-bond acceptors (Lipinski definition) is 2. The van der Waals surface area contributed by atoms with E-state index in [1.54, 1.807) is 0 Å². The smallest absolute Gasteiger partial charge is 0.0695 e. The average molecular weight is 427 g/mol. The van der Waals surface area contributed by atoms with Crippen LogP contribution in [0.2, 0.25) is 0 Å². The van der Waals surface area contributed by atoms with Gasteiger partial charge < -0.3 is 10.2 Å². The SMILES string of the molecule is CCCCCCCCCCCCC(O)(CCCCCCCCCCCC)C(C)CO. The van der Waals surface area contributed by atoms with E-state index >= 15 is 0 Å². The molecule has 2 nitrogen and oxygen atoms in total. The summed E-state index contributed by atoms with van der Waals surface area (Å²) in [6, 6.07) is 0. The molecule has 0 fully saturated rings. The minimum atomic E-state index is -0.658. The van der Waals surface area contributed by atoms with Crippen LogP contribution in [-0.4, -0.2) is 22.4 Å². The first-order valence-corrected chi connectivity index (χ1v) is 13.9.